The Morgan fingerprint density at radius 2 is 2.06 bits per heavy atom. The van der Waals surface area contributed by atoms with Gasteiger partial charge in [-0.2, -0.15) is 4.31 Å². The van der Waals surface area contributed by atoms with Gasteiger partial charge in [-0.05, 0) is 25.7 Å². The molecule has 0 aromatic carbocycles. The van der Waals surface area contributed by atoms with Gasteiger partial charge in [0.2, 0.25) is 10.0 Å². The molecule has 0 aromatic rings. The molecule has 0 radical (unpaired) electrons. The molecule has 1 saturated heterocycles. The molecule has 0 amide bonds. The maximum atomic E-state index is 12.0. The monoisotopic (exact) mass is 269 g/mol. The van der Waals surface area contributed by atoms with Crippen LogP contribution in [0.25, 0.3) is 0 Å². The third-order valence-electron chi connectivity index (χ3n) is 2.93. The van der Waals surface area contributed by atoms with Crippen molar-refractivity contribution in [3.8, 4) is 0 Å². The smallest absolute Gasteiger partial charge is 0.214 e. The molecule has 1 unspecified atom stereocenters. The maximum Gasteiger partial charge on any atom is 0.214 e. The lowest BCUT2D eigenvalue weighted by atomic mass is 10.1. The molecule has 1 rings (SSSR count). The maximum absolute atomic E-state index is 12.0. The van der Waals surface area contributed by atoms with Crippen molar-refractivity contribution in [3.05, 3.63) is 0 Å². The van der Waals surface area contributed by atoms with E-state index in [1.807, 2.05) is 0 Å². The van der Waals surface area contributed by atoms with Gasteiger partial charge in [-0.25, -0.2) is 8.42 Å². The van der Waals surface area contributed by atoms with Crippen LogP contribution in [0, 0.1) is 0 Å². The minimum Gasteiger partial charge on any atom is -0.395 e. The molecule has 1 heterocycles. The van der Waals surface area contributed by atoms with E-state index in [1.54, 1.807) is 0 Å². The summed E-state index contributed by atoms with van der Waals surface area (Å²) in [4.78, 5) is 0. The number of halogens is 1. The first kappa shape index (κ1) is 14.2. The summed E-state index contributed by atoms with van der Waals surface area (Å²) in [6.45, 7) is 0.475. The first-order chi connectivity index (χ1) is 7.61. The molecule has 1 N–H and O–H groups in total. The minimum atomic E-state index is -3.20. The zero-order valence-corrected chi connectivity index (χ0v) is 11.0. The highest BCUT2D eigenvalue weighted by molar-refractivity contribution is 7.89. The Balaban J connectivity index is 2.57. The number of unbranched alkanes of at least 4 members (excludes halogenated alkanes) is 1. The van der Waals surface area contributed by atoms with E-state index in [0.29, 0.717) is 18.8 Å². The van der Waals surface area contributed by atoms with Crippen LogP contribution in [0.1, 0.15) is 32.1 Å². The van der Waals surface area contributed by atoms with Crippen LogP contribution in [0.2, 0.25) is 0 Å². The number of hydrogen-bond acceptors (Lipinski definition) is 3. The number of aliphatic hydroxyl groups is 1. The molecule has 1 atom stereocenters. The van der Waals surface area contributed by atoms with Crippen molar-refractivity contribution in [1.82, 2.24) is 4.31 Å². The van der Waals surface area contributed by atoms with Crippen molar-refractivity contribution >= 4 is 21.6 Å². The summed E-state index contributed by atoms with van der Waals surface area (Å²) in [6, 6.07) is -0.213. The molecule has 0 saturated carbocycles. The molecule has 1 aliphatic rings. The summed E-state index contributed by atoms with van der Waals surface area (Å²) in [5.41, 5.74) is 0. The molecular formula is C10H20ClNO3S. The van der Waals surface area contributed by atoms with Gasteiger partial charge in [-0.15, -0.1) is 11.6 Å². The molecule has 96 valence electrons. The lowest BCUT2D eigenvalue weighted by Crippen LogP contribution is -2.46. The lowest BCUT2D eigenvalue weighted by molar-refractivity contribution is 0.155. The van der Waals surface area contributed by atoms with Gasteiger partial charge in [0.1, 0.15) is 0 Å². The molecule has 0 bridgehead atoms. The quantitative estimate of drug-likeness (QED) is 0.582. The molecular weight excluding hydrogens is 250 g/mol. The zero-order valence-electron chi connectivity index (χ0n) is 9.44. The van der Waals surface area contributed by atoms with E-state index >= 15 is 0 Å². The van der Waals surface area contributed by atoms with Crippen LogP contribution in [-0.2, 0) is 10.0 Å². The second-order valence-electron chi connectivity index (χ2n) is 4.15. The van der Waals surface area contributed by atoms with Crippen molar-refractivity contribution in [3.63, 3.8) is 0 Å². The molecule has 6 heteroatoms. The highest BCUT2D eigenvalue weighted by atomic mass is 35.5. The number of alkyl halides is 1. The van der Waals surface area contributed by atoms with Crippen LogP contribution in [0.5, 0.6) is 0 Å². The molecule has 0 aromatic heterocycles. The Kier molecular flexibility index (Phi) is 6.03. The van der Waals surface area contributed by atoms with Crippen LogP contribution in [0.4, 0.5) is 0 Å². The van der Waals surface area contributed by atoms with Gasteiger partial charge < -0.3 is 5.11 Å². The highest BCUT2D eigenvalue weighted by Gasteiger charge is 2.31. The van der Waals surface area contributed by atoms with Crippen LogP contribution in [-0.4, -0.2) is 48.7 Å². The topological polar surface area (TPSA) is 57.6 Å². The summed E-state index contributed by atoms with van der Waals surface area (Å²) in [6.07, 6.45) is 3.98. The Labute approximate surface area is 103 Å². The molecule has 1 fully saturated rings. The van der Waals surface area contributed by atoms with E-state index in [4.69, 9.17) is 16.7 Å². The normalized spacial score (nSPS) is 23.5. The summed E-state index contributed by atoms with van der Waals surface area (Å²) in [5.74, 6) is 0.648. The third-order valence-corrected chi connectivity index (χ3v) is 5.19. The molecule has 4 nitrogen and oxygen atoms in total. The van der Waals surface area contributed by atoms with E-state index < -0.39 is 10.0 Å². The molecule has 1 aliphatic heterocycles. The molecule has 0 aliphatic carbocycles. The van der Waals surface area contributed by atoms with E-state index in [0.717, 1.165) is 25.7 Å². The lowest BCUT2D eigenvalue weighted by Gasteiger charge is -2.33. The van der Waals surface area contributed by atoms with Crippen LogP contribution in [0.15, 0.2) is 0 Å². The van der Waals surface area contributed by atoms with Crippen LogP contribution < -0.4 is 0 Å². The predicted octanol–water partition coefficient (Wildman–Crippen LogP) is 1.18. The van der Waals surface area contributed by atoms with Crippen molar-refractivity contribution in [2.45, 2.75) is 38.1 Å². The van der Waals surface area contributed by atoms with E-state index in [-0.39, 0.29) is 18.4 Å². The number of rotatable bonds is 6. The number of sulfonamides is 1. The average molecular weight is 270 g/mol. The van der Waals surface area contributed by atoms with Gasteiger partial charge in [0.05, 0.1) is 12.4 Å². The second-order valence-corrected chi connectivity index (χ2v) is 6.57. The first-order valence-corrected chi connectivity index (χ1v) is 7.92. The van der Waals surface area contributed by atoms with Crippen LogP contribution >= 0.6 is 11.6 Å². The average Bonchev–Trinajstić information content (AvgIpc) is 2.29. The SMILES string of the molecule is O=S(=O)(CCCCCl)N1CCCCC1CO. The summed E-state index contributed by atoms with van der Waals surface area (Å²) in [7, 11) is -3.20. The zero-order chi connectivity index (χ0) is 12.0. The van der Waals surface area contributed by atoms with Gasteiger partial charge in [-0.3, -0.25) is 0 Å². The minimum absolute atomic E-state index is 0.0747. The fourth-order valence-electron chi connectivity index (χ4n) is 2.02. The van der Waals surface area contributed by atoms with Gasteiger partial charge in [-0.1, -0.05) is 6.42 Å². The number of aliphatic hydroxyl groups excluding tert-OH is 1. The van der Waals surface area contributed by atoms with Crippen molar-refractivity contribution in [1.29, 1.82) is 0 Å². The van der Waals surface area contributed by atoms with Crippen molar-refractivity contribution in [2.24, 2.45) is 0 Å². The molecule has 16 heavy (non-hydrogen) atoms. The highest BCUT2D eigenvalue weighted by Crippen LogP contribution is 2.21. The Morgan fingerprint density at radius 1 is 1.31 bits per heavy atom. The van der Waals surface area contributed by atoms with Gasteiger partial charge in [0, 0.05) is 18.5 Å². The molecule has 0 spiro atoms. The fourth-order valence-corrected chi connectivity index (χ4v) is 4.04. The number of piperidine rings is 1. The van der Waals surface area contributed by atoms with E-state index in [9.17, 15) is 8.42 Å². The third kappa shape index (κ3) is 3.87. The Bertz CT molecular complexity index is 294. The summed E-state index contributed by atoms with van der Waals surface area (Å²) >= 11 is 5.52. The Hall–Kier alpha value is 0.160. The van der Waals surface area contributed by atoms with Crippen molar-refractivity contribution in [2.75, 3.05) is 24.8 Å². The van der Waals surface area contributed by atoms with Gasteiger partial charge >= 0.3 is 0 Å². The fraction of sp³-hybridized carbons (Fsp3) is 1.00. The number of hydrogen-bond donors (Lipinski definition) is 1. The summed E-state index contributed by atoms with van der Waals surface area (Å²) < 4.78 is 25.5. The van der Waals surface area contributed by atoms with Crippen LogP contribution in [0.3, 0.4) is 0 Å². The van der Waals surface area contributed by atoms with Gasteiger partial charge in [0.15, 0.2) is 0 Å². The van der Waals surface area contributed by atoms with Crippen molar-refractivity contribution < 1.29 is 13.5 Å². The summed E-state index contributed by atoms with van der Waals surface area (Å²) in [5, 5.41) is 9.17. The largest absolute Gasteiger partial charge is 0.395 e. The van der Waals surface area contributed by atoms with E-state index in [1.165, 1.54) is 4.31 Å². The standard InChI is InChI=1S/C10H20ClNO3S/c11-6-2-4-8-16(14,15)12-7-3-1-5-10(12)9-13/h10,13H,1-9H2. The second kappa shape index (κ2) is 6.79. The number of nitrogens with zero attached hydrogens (tertiary/aromatic N) is 1. The predicted molar refractivity (Wildman–Crippen MR) is 65.2 cm³/mol. The van der Waals surface area contributed by atoms with Gasteiger partial charge in [0.25, 0.3) is 0 Å². The van der Waals surface area contributed by atoms with E-state index in [2.05, 4.69) is 0 Å². The first-order valence-electron chi connectivity index (χ1n) is 5.78. The Morgan fingerprint density at radius 3 is 2.69 bits per heavy atom.